The van der Waals surface area contributed by atoms with Gasteiger partial charge in [-0.25, -0.2) is 4.98 Å². The number of nitrogens with two attached hydrogens (primary N) is 1. The van der Waals surface area contributed by atoms with E-state index in [0.717, 1.165) is 11.4 Å². The van der Waals surface area contributed by atoms with Gasteiger partial charge < -0.3 is 15.2 Å². The van der Waals surface area contributed by atoms with Crippen LogP contribution in [0, 0.1) is 6.92 Å². The van der Waals surface area contributed by atoms with E-state index in [0.29, 0.717) is 23.9 Å². The Hall–Kier alpha value is -2.08. The number of rotatable bonds is 5. The van der Waals surface area contributed by atoms with Gasteiger partial charge in [0.1, 0.15) is 5.82 Å². The average molecular weight is 276 g/mol. The predicted octanol–water partition coefficient (Wildman–Crippen LogP) is 1.58. The molecule has 2 N–H and O–H groups in total. The van der Waals surface area contributed by atoms with Gasteiger partial charge >= 0.3 is 0 Å². The van der Waals surface area contributed by atoms with Crippen LogP contribution in [0.2, 0.25) is 0 Å². The number of aromatic nitrogens is 3. The first kappa shape index (κ1) is 14.3. The first-order chi connectivity index (χ1) is 9.56. The number of benzene rings is 1. The molecular weight excluding hydrogens is 256 g/mol. The van der Waals surface area contributed by atoms with E-state index in [-0.39, 0.29) is 6.04 Å². The second-order valence-electron chi connectivity index (χ2n) is 4.46. The molecule has 6 nitrogen and oxygen atoms in total. The summed E-state index contributed by atoms with van der Waals surface area (Å²) in [6.45, 7) is 4.41. The number of aryl methyl sites for hydroxylation is 2. The Morgan fingerprint density at radius 3 is 2.65 bits per heavy atom. The molecule has 2 aromatic rings. The van der Waals surface area contributed by atoms with Crippen LogP contribution < -0.4 is 15.2 Å². The van der Waals surface area contributed by atoms with Crippen molar-refractivity contribution in [1.82, 2.24) is 14.8 Å². The Labute approximate surface area is 118 Å². The van der Waals surface area contributed by atoms with Gasteiger partial charge in [0.15, 0.2) is 17.3 Å². The Morgan fingerprint density at radius 2 is 2.10 bits per heavy atom. The summed E-state index contributed by atoms with van der Waals surface area (Å²) in [6.07, 6.45) is 0. The molecular formula is C14H20N4O2. The summed E-state index contributed by atoms with van der Waals surface area (Å²) in [7, 11) is 3.45. The molecule has 1 atom stereocenters. The van der Waals surface area contributed by atoms with E-state index in [1.165, 1.54) is 0 Å². The Morgan fingerprint density at radius 1 is 1.35 bits per heavy atom. The molecule has 0 aliphatic carbocycles. The molecule has 0 aliphatic heterocycles. The highest BCUT2D eigenvalue weighted by atomic mass is 16.5. The first-order valence-corrected chi connectivity index (χ1v) is 6.50. The SMILES string of the molecule is CCOc1ccc([C@H](N)c2nc(C)n(C)n2)cc1OC. The molecule has 6 heteroatoms. The maximum absolute atomic E-state index is 6.21. The van der Waals surface area contributed by atoms with Crippen molar-refractivity contribution in [2.24, 2.45) is 12.8 Å². The molecule has 0 radical (unpaired) electrons. The van der Waals surface area contributed by atoms with Crippen LogP contribution in [0.4, 0.5) is 0 Å². The average Bonchev–Trinajstić information content (AvgIpc) is 2.78. The zero-order valence-electron chi connectivity index (χ0n) is 12.3. The van der Waals surface area contributed by atoms with Crippen LogP contribution >= 0.6 is 0 Å². The molecule has 108 valence electrons. The van der Waals surface area contributed by atoms with Gasteiger partial charge in [0.25, 0.3) is 0 Å². The quantitative estimate of drug-likeness (QED) is 0.897. The van der Waals surface area contributed by atoms with Gasteiger partial charge in [-0.15, -0.1) is 0 Å². The monoisotopic (exact) mass is 276 g/mol. The summed E-state index contributed by atoms with van der Waals surface area (Å²) in [6, 6.07) is 5.23. The molecule has 0 spiro atoms. The molecule has 0 fully saturated rings. The van der Waals surface area contributed by atoms with Crippen molar-refractivity contribution in [2.75, 3.05) is 13.7 Å². The lowest BCUT2D eigenvalue weighted by atomic mass is 10.1. The standard InChI is InChI=1S/C14H20N4O2/c1-5-20-11-7-6-10(8-12(11)19-4)13(15)14-16-9(2)18(3)17-14/h6-8,13H,5,15H2,1-4H3/t13-/m0/s1. The number of hydrogen-bond donors (Lipinski definition) is 1. The Balaban J connectivity index is 2.32. The third-order valence-corrected chi connectivity index (χ3v) is 3.12. The molecule has 0 unspecified atom stereocenters. The molecule has 0 saturated heterocycles. The van der Waals surface area contributed by atoms with Crippen LogP contribution in [-0.4, -0.2) is 28.5 Å². The van der Waals surface area contributed by atoms with Crippen molar-refractivity contribution in [2.45, 2.75) is 19.9 Å². The minimum Gasteiger partial charge on any atom is -0.493 e. The van der Waals surface area contributed by atoms with Gasteiger partial charge in [0.2, 0.25) is 0 Å². The van der Waals surface area contributed by atoms with Crippen molar-refractivity contribution in [3.63, 3.8) is 0 Å². The largest absolute Gasteiger partial charge is 0.493 e. The van der Waals surface area contributed by atoms with E-state index in [1.54, 1.807) is 11.8 Å². The van der Waals surface area contributed by atoms with Gasteiger partial charge in [-0.2, -0.15) is 5.10 Å². The highest BCUT2D eigenvalue weighted by Gasteiger charge is 2.17. The number of nitrogens with zero attached hydrogens (tertiary/aromatic N) is 3. The Bertz CT molecular complexity index is 575. The van der Waals surface area contributed by atoms with Gasteiger partial charge in [0, 0.05) is 7.05 Å². The van der Waals surface area contributed by atoms with E-state index in [4.69, 9.17) is 15.2 Å². The lowest BCUT2D eigenvalue weighted by Gasteiger charge is -2.13. The maximum atomic E-state index is 6.21. The summed E-state index contributed by atoms with van der Waals surface area (Å²) < 4.78 is 12.5. The fourth-order valence-corrected chi connectivity index (χ4v) is 1.92. The minimum atomic E-state index is -0.389. The van der Waals surface area contributed by atoms with E-state index in [9.17, 15) is 0 Å². The van der Waals surface area contributed by atoms with Gasteiger partial charge in [-0.05, 0) is 31.5 Å². The van der Waals surface area contributed by atoms with Gasteiger partial charge in [-0.1, -0.05) is 6.07 Å². The third-order valence-electron chi connectivity index (χ3n) is 3.12. The zero-order valence-corrected chi connectivity index (χ0v) is 12.3. The van der Waals surface area contributed by atoms with Crippen LogP contribution in [0.25, 0.3) is 0 Å². The van der Waals surface area contributed by atoms with Gasteiger partial charge in [-0.3, -0.25) is 4.68 Å². The number of ether oxygens (including phenoxy) is 2. The molecule has 0 aliphatic rings. The molecule has 2 rings (SSSR count). The molecule has 0 amide bonds. The van der Waals surface area contributed by atoms with E-state index in [2.05, 4.69) is 10.1 Å². The summed E-state index contributed by atoms with van der Waals surface area (Å²) in [5.41, 5.74) is 7.10. The summed E-state index contributed by atoms with van der Waals surface area (Å²) in [5.74, 6) is 2.79. The van der Waals surface area contributed by atoms with Crippen molar-refractivity contribution >= 4 is 0 Å². The van der Waals surface area contributed by atoms with Crippen LogP contribution in [0.15, 0.2) is 18.2 Å². The van der Waals surface area contributed by atoms with Crippen molar-refractivity contribution < 1.29 is 9.47 Å². The van der Waals surface area contributed by atoms with E-state index in [1.807, 2.05) is 39.1 Å². The van der Waals surface area contributed by atoms with Crippen molar-refractivity contribution in [3.8, 4) is 11.5 Å². The molecule has 1 heterocycles. The predicted molar refractivity (Wildman–Crippen MR) is 75.9 cm³/mol. The van der Waals surface area contributed by atoms with E-state index < -0.39 is 0 Å². The van der Waals surface area contributed by atoms with Crippen LogP contribution in [-0.2, 0) is 7.05 Å². The molecule has 1 aromatic heterocycles. The lowest BCUT2D eigenvalue weighted by molar-refractivity contribution is 0.310. The highest BCUT2D eigenvalue weighted by molar-refractivity contribution is 5.44. The van der Waals surface area contributed by atoms with Gasteiger partial charge in [0.05, 0.1) is 19.8 Å². The summed E-state index contributed by atoms with van der Waals surface area (Å²) in [5, 5.41) is 4.31. The van der Waals surface area contributed by atoms with E-state index >= 15 is 0 Å². The second kappa shape index (κ2) is 5.92. The molecule has 0 bridgehead atoms. The maximum Gasteiger partial charge on any atom is 0.172 e. The van der Waals surface area contributed by atoms with Crippen LogP contribution in [0.5, 0.6) is 11.5 Å². The number of hydrogen-bond acceptors (Lipinski definition) is 5. The second-order valence-corrected chi connectivity index (χ2v) is 4.46. The number of methoxy groups -OCH3 is 1. The molecule has 0 saturated carbocycles. The minimum absolute atomic E-state index is 0.389. The Kier molecular flexibility index (Phi) is 4.24. The van der Waals surface area contributed by atoms with Crippen LogP contribution in [0.1, 0.15) is 30.2 Å². The van der Waals surface area contributed by atoms with Crippen molar-refractivity contribution in [3.05, 3.63) is 35.4 Å². The smallest absolute Gasteiger partial charge is 0.172 e. The normalized spacial score (nSPS) is 12.2. The highest BCUT2D eigenvalue weighted by Crippen LogP contribution is 2.30. The molecule has 20 heavy (non-hydrogen) atoms. The van der Waals surface area contributed by atoms with Crippen molar-refractivity contribution in [1.29, 1.82) is 0 Å². The third kappa shape index (κ3) is 2.75. The first-order valence-electron chi connectivity index (χ1n) is 6.50. The summed E-state index contributed by atoms with van der Waals surface area (Å²) in [4.78, 5) is 4.36. The molecule has 1 aromatic carbocycles. The van der Waals surface area contributed by atoms with Crippen LogP contribution in [0.3, 0.4) is 0 Å². The lowest BCUT2D eigenvalue weighted by Crippen LogP contribution is -2.14. The summed E-state index contributed by atoms with van der Waals surface area (Å²) >= 11 is 0. The zero-order chi connectivity index (χ0) is 14.7. The topological polar surface area (TPSA) is 75.2 Å². The fraction of sp³-hybridized carbons (Fsp3) is 0.429. The fourth-order valence-electron chi connectivity index (χ4n) is 1.92.